The SMILES string of the molecule is CC.CC1CC=Cc2cc3c(cc21)c1cccc(-c2ccc4c(c2)sc2ccc5ccccc5c24)c1n3-c1nc(-c2ccc(-c3ccccc3)cc2)nc(-c2ccc3ccccc3c2)n1. The average molecular weight is 853 g/mol. The molecule has 0 radical (unpaired) electrons. The van der Waals surface area contributed by atoms with Crippen LogP contribution in [0, 0.1) is 0 Å². The molecule has 1 unspecified atom stereocenters. The minimum absolute atomic E-state index is 0.421. The van der Waals surface area contributed by atoms with Gasteiger partial charge >= 0.3 is 0 Å². The minimum Gasteiger partial charge on any atom is -0.277 e. The van der Waals surface area contributed by atoms with Crippen LogP contribution in [0.25, 0.3) is 121 Å². The summed E-state index contributed by atoms with van der Waals surface area (Å²) in [6.07, 6.45) is 5.62. The van der Waals surface area contributed by atoms with Crippen molar-refractivity contribution in [2.75, 3.05) is 0 Å². The molecule has 0 saturated carbocycles. The number of rotatable bonds is 5. The molecule has 0 saturated heterocycles. The van der Waals surface area contributed by atoms with Gasteiger partial charge in [0.1, 0.15) is 0 Å². The van der Waals surface area contributed by atoms with Crippen LogP contribution in [0.3, 0.4) is 0 Å². The van der Waals surface area contributed by atoms with Gasteiger partial charge in [-0.3, -0.25) is 4.57 Å². The molecule has 0 aliphatic heterocycles. The van der Waals surface area contributed by atoms with Crippen molar-refractivity contribution in [1.29, 1.82) is 0 Å². The Morgan fingerprint density at radius 2 is 1.17 bits per heavy atom. The van der Waals surface area contributed by atoms with Crippen molar-refractivity contribution < 1.29 is 0 Å². The summed E-state index contributed by atoms with van der Waals surface area (Å²) in [6, 6.07) is 65.8. The summed E-state index contributed by atoms with van der Waals surface area (Å²) in [6.45, 7) is 6.33. The first-order valence-corrected chi connectivity index (χ1v) is 23.5. The second kappa shape index (κ2) is 15.8. The molecular weight excluding hydrogens is 809 g/mol. The number of thiophene rings is 1. The van der Waals surface area contributed by atoms with E-state index in [-0.39, 0.29) is 0 Å². The Morgan fingerprint density at radius 1 is 0.492 bits per heavy atom. The second-order valence-electron chi connectivity index (χ2n) is 16.8. The Hall–Kier alpha value is -7.73. The molecule has 1 atom stereocenters. The third kappa shape index (κ3) is 6.53. The van der Waals surface area contributed by atoms with Gasteiger partial charge in [0.25, 0.3) is 0 Å². The van der Waals surface area contributed by atoms with E-state index >= 15 is 0 Å². The maximum atomic E-state index is 5.44. The Labute approximate surface area is 381 Å². The van der Waals surface area contributed by atoms with Crippen LogP contribution in [0.5, 0.6) is 0 Å². The predicted octanol–water partition coefficient (Wildman–Crippen LogP) is 16.9. The van der Waals surface area contributed by atoms with Gasteiger partial charge in [-0.1, -0.05) is 185 Å². The van der Waals surface area contributed by atoms with Crippen LogP contribution in [0.4, 0.5) is 0 Å². The molecule has 310 valence electrons. The molecule has 1 aliphatic carbocycles. The highest BCUT2D eigenvalue weighted by atomic mass is 32.1. The van der Waals surface area contributed by atoms with Crippen molar-refractivity contribution in [2.45, 2.75) is 33.1 Å². The van der Waals surface area contributed by atoms with E-state index in [0.29, 0.717) is 23.5 Å². The third-order valence-corrected chi connectivity index (χ3v) is 14.2. The fraction of sp³-hybridized carbons (Fsp3) is 0.0833. The summed E-state index contributed by atoms with van der Waals surface area (Å²) in [4.78, 5) is 16.1. The Bertz CT molecular complexity index is 3840. The first kappa shape index (κ1) is 38.9. The van der Waals surface area contributed by atoms with Crippen LogP contribution in [-0.2, 0) is 0 Å². The number of allylic oxidation sites excluding steroid dienone is 1. The van der Waals surface area contributed by atoms with Crippen LogP contribution in [0.15, 0.2) is 188 Å². The molecule has 65 heavy (non-hydrogen) atoms. The molecule has 0 bridgehead atoms. The van der Waals surface area contributed by atoms with Gasteiger partial charge in [-0.05, 0) is 92.0 Å². The van der Waals surface area contributed by atoms with Gasteiger partial charge in [-0.15, -0.1) is 11.3 Å². The lowest BCUT2D eigenvalue weighted by atomic mass is 9.87. The third-order valence-electron chi connectivity index (χ3n) is 13.1. The quantitative estimate of drug-likeness (QED) is 0.173. The van der Waals surface area contributed by atoms with Gasteiger partial charge in [0.2, 0.25) is 5.95 Å². The molecule has 13 rings (SSSR count). The van der Waals surface area contributed by atoms with Crippen LogP contribution >= 0.6 is 11.3 Å². The molecular formula is C60H44N4S. The highest BCUT2D eigenvalue weighted by Gasteiger charge is 2.24. The number of nitrogens with zero attached hydrogens (tertiary/aromatic N) is 4. The van der Waals surface area contributed by atoms with E-state index in [2.05, 4.69) is 206 Å². The van der Waals surface area contributed by atoms with Crippen LogP contribution in [0.2, 0.25) is 0 Å². The monoisotopic (exact) mass is 852 g/mol. The van der Waals surface area contributed by atoms with Crippen molar-refractivity contribution >= 4 is 80.9 Å². The smallest absolute Gasteiger partial charge is 0.238 e. The number of para-hydroxylation sites is 1. The van der Waals surface area contributed by atoms with E-state index in [0.717, 1.165) is 50.7 Å². The van der Waals surface area contributed by atoms with Gasteiger partial charge < -0.3 is 0 Å². The van der Waals surface area contributed by atoms with Crippen LogP contribution < -0.4 is 0 Å². The van der Waals surface area contributed by atoms with E-state index in [1.54, 1.807) is 0 Å². The maximum Gasteiger partial charge on any atom is 0.238 e. The predicted molar refractivity (Wildman–Crippen MR) is 277 cm³/mol. The molecule has 1 aliphatic rings. The van der Waals surface area contributed by atoms with Crippen molar-refractivity contribution in [3.05, 3.63) is 199 Å². The van der Waals surface area contributed by atoms with Crippen LogP contribution in [0.1, 0.15) is 44.2 Å². The Kier molecular flexibility index (Phi) is 9.46. The summed E-state index contributed by atoms with van der Waals surface area (Å²) in [5, 5.41) is 9.87. The molecule has 0 N–H and O–H groups in total. The number of benzene rings is 9. The van der Waals surface area contributed by atoms with Crippen molar-refractivity contribution in [3.8, 4) is 51.0 Å². The summed E-state index contributed by atoms with van der Waals surface area (Å²) in [5.41, 5.74) is 11.3. The fourth-order valence-corrected chi connectivity index (χ4v) is 11.1. The number of aromatic nitrogens is 4. The molecule has 0 amide bonds. The van der Waals surface area contributed by atoms with Crippen LogP contribution in [-0.4, -0.2) is 19.5 Å². The van der Waals surface area contributed by atoms with E-state index in [1.807, 2.05) is 25.2 Å². The van der Waals surface area contributed by atoms with Gasteiger partial charge in [-0.2, -0.15) is 9.97 Å². The lowest BCUT2D eigenvalue weighted by Crippen LogP contribution is -2.07. The largest absolute Gasteiger partial charge is 0.277 e. The first-order chi connectivity index (χ1) is 32.1. The summed E-state index contributed by atoms with van der Waals surface area (Å²) in [7, 11) is 0. The highest BCUT2D eigenvalue weighted by Crippen LogP contribution is 2.44. The summed E-state index contributed by atoms with van der Waals surface area (Å²) < 4.78 is 4.88. The van der Waals surface area contributed by atoms with Gasteiger partial charge in [-0.25, -0.2) is 4.98 Å². The minimum atomic E-state index is 0.421. The normalized spacial score (nSPS) is 13.5. The molecule has 12 aromatic rings. The molecule has 4 nitrogen and oxygen atoms in total. The Balaban J connectivity index is 0.00000219. The molecule has 5 heteroatoms. The number of hydrogen-bond acceptors (Lipinski definition) is 4. The van der Waals surface area contributed by atoms with Gasteiger partial charge in [0, 0.05) is 47.6 Å². The van der Waals surface area contributed by atoms with E-state index in [1.165, 1.54) is 63.8 Å². The zero-order valence-electron chi connectivity index (χ0n) is 36.5. The van der Waals surface area contributed by atoms with Gasteiger partial charge in [0.05, 0.1) is 11.0 Å². The summed E-state index contributed by atoms with van der Waals surface area (Å²) >= 11 is 1.87. The maximum absolute atomic E-state index is 5.44. The molecule has 3 aromatic heterocycles. The topological polar surface area (TPSA) is 43.6 Å². The van der Waals surface area contributed by atoms with E-state index in [4.69, 9.17) is 15.0 Å². The second-order valence-corrected chi connectivity index (χ2v) is 17.9. The summed E-state index contributed by atoms with van der Waals surface area (Å²) in [5.74, 6) is 2.26. The molecule has 0 spiro atoms. The lowest BCUT2D eigenvalue weighted by molar-refractivity contribution is 0.773. The van der Waals surface area contributed by atoms with Crippen molar-refractivity contribution in [1.82, 2.24) is 19.5 Å². The zero-order chi connectivity index (χ0) is 43.6. The fourth-order valence-electron chi connectivity index (χ4n) is 9.89. The van der Waals surface area contributed by atoms with Crippen molar-refractivity contribution in [2.24, 2.45) is 0 Å². The standard InChI is InChI=1S/C58H38N4S.C2H6/c1-35-11-9-17-42-32-51-50(34-49(35)42)47-20-10-19-46(43-27-29-48-53(33-43)63-52-30-28-39-15-7-8-18-45(39)54(48)52)55(47)62(51)58-60-56(40-24-21-38(22-25-40)36-12-3-2-4-13-36)59-57(61-58)44-26-23-37-14-5-6-16-41(37)31-44;1-2/h2-10,12-35H,11H2,1H3;1-2H3. The zero-order valence-corrected chi connectivity index (χ0v) is 37.3. The van der Waals surface area contributed by atoms with Crippen molar-refractivity contribution in [3.63, 3.8) is 0 Å². The average Bonchev–Trinajstić information content (AvgIpc) is 3.92. The number of hydrogen-bond donors (Lipinski definition) is 0. The Morgan fingerprint density at radius 3 is 2.02 bits per heavy atom. The van der Waals surface area contributed by atoms with E-state index in [9.17, 15) is 0 Å². The molecule has 9 aromatic carbocycles. The molecule has 3 heterocycles. The van der Waals surface area contributed by atoms with E-state index < -0.39 is 0 Å². The first-order valence-electron chi connectivity index (χ1n) is 22.6. The highest BCUT2D eigenvalue weighted by molar-refractivity contribution is 7.26. The molecule has 0 fully saturated rings. The lowest BCUT2D eigenvalue weighted by Gasteiger charge is -2.18. The number of fused-ring (bicyclic) bond motifs is 10. The van der Waals surface area contributed by atoms with Gasteiger partial charge in [0.15, 0.2) is 11.6 Å².